The molecule has 3 heterocycles. The van der Waals surface area contributed by atoms with Gasteiger partial charge in [-0.3, -0.25) is 14.5 Å². The van der Waals surface area contributed by atoms with Gasteiger partial charge in [0.15, 0.2) is 0 Å². The molecule has 7 nitrogen and oxygen atoms in total. The molecule has 2 fully saturated rings. The Morgan fingerprint density at radius 3 is 2.34 bits per heavy atom. The summed E-state index contributed by atoms with van der Waals surface area (Å²) in [5.74, 6) is 0.215. The van der Waals surface area contributed by atoms with E-state index in [1.807, 2.05) is 43.0 Å². The largest absolute Gasteiger partial charge is 0.497 e. The Kier molecular flexibility index (Phi) is 5.61. The molecule has 2 saturated heterocycles. The number of rotatable bonds is 5. The first-order valence-corrected chi connectivity index (χ1v) is 10.2. The Morgan fingerprint density at radius 2 is 1.76 bits per heavy atom. The third kappa shape index (κ3) is 3.89. The van der Waals surface area contributed by atoms with Crippen molar-refractivity contribution in [1.29, 1.82) is 0 Å². The highest BCUT2D eigenvalue weighted by atomic mass is 16.5. The van der Waals surface area contributed by atoms with Crippen LogP contribution in [-0.4, -0.2) is 73.3 Å². The molecule has 0 aromatic heterocycles. The number of hydrogen-bond acceptors (Lipinski definition) is 6. The molecule has 1 aromatic rings. The summed E-state index contributed by atoms with van der Waals surface area (Å²) in [7, 11) is 1.60. The van der Waals surface area contributed by atoms with Crippen LogP contribution in [0.1, 0.15) is 32.3 Å². The quantitative estimate of drug-likeness (QED) is 0.705. The smallest absolute Gasteiger partial charge is 0.277 e. The van der Waals surface area contributed by atoms with Crippen LogP contribution >= 0.6 is 0 Å². The van der Waals surface area contributed by atoms with Crippen LogP contribution in [0, 0.1) is 0 Å². The summed E-state index contributed by atoms with van der Waals surface area (Å²) in [6.45, 7) is 6.11. The van der Waals surface area contributed by atoms with Gasteiger partial charge < -0.3 is 19.1 Å². The summed E-state index contributed by atoms with van der Waals surface area (Å²) in [5.41, 5.74) is 1.65. The summed E-state index contributed by atoms with van der Waals surface area (Å²) in [4.78, 5) is 30.1. The van der Waals surface area contributed by atoms with Crippen LogP contribution in [0.2, 0.25) is 0 Å². The minimum atomic E-state index is -0.252. The topological polar surface area (TPSA) is 68.3 Å². The number of carbonyl (C=O) groups is 2. The van der Waals surface area contributed by atoms with E-state index >= 15 is 0 Å². The molecule has 0 saturated carbocycles. The summed E-state index contributed by atoms with van der Waals surface area (Å²) in [6.07, 6.45) is 1.72. The molecule has 0 spiro atoms. The average molecular weight is 400 g/mol. The number of imide groups is 1. The lowest BCUT2D eigenvalue weighted by Gasteiger charge is -2.37. The van der Waals surface area contributed by atoms with Crippen molar-refractivity contribution in [1.82, 2.24) is 9.80 Å². The minimum absolute atomic E-state index is 0.0153. The van der Waals surface area contributed by atoms with Gasteiger partial charge in [0.2, 0.25) is 0 Å². The SMILES string of the molecule is COc1ccc(C2=C(N3CC(C)OC(C)C3)C(=O)N(CC3CCCO3)C2=O)cc1. The lowest BCUT2D eigenvalue weighted by molar-refractivity contribution is -0.140. The van der Waals surface area contributed by atoms with Gasteiger partial charge in [0, 0.05) is 19.7 Å². The molecule has 4 rings (SSSR count). The van der Waals surface area contributed by atoms with Crippen LogP contribution in [-0.2, 0) is 19.1 Å². The maximum Gasteiger partial charge on any atom is 0.277 e. The summed E-state index contributed by atoms with van der Waals surface area (Å²) in [5, 5.41) is 0. The standard InChI is InChI=1S/C22H28N2O5/c1-14-11-23(12-15(2)29-14)20-19(16-6-8-17(27-3)9-7-16)21(25)24(22(20)26)13-18-5-4-10-28-18/h6-9,14-15,18H,4-5,10-13H2,1-3H3. The lowest BCUT2D eigenvalue weighted by atomic mass is 10.0. The first-order valence-electron chi connectivity index (χ1n) is 10.2. The van der Waals surface area contributed by atoms with Gasteiger partial charge in [-0.1, -0.05) is 12.1 Å². The van der Waals surface area contributed by atoms with E-state index in [-0.39, 0.29) is 30.1 Å². The average Bonchev–Trinajstić information content (AvgIpc) is 3.29. The monoisotopic (exact) mass is 400 g/mol. The van der Waals surface area contributed by atoms with Gasteiger partial charge in [0.25, 0.3) is 11.8 Å². The molecule has 0 N–H and O–H groups in total. The van der Waals surface area contributed by atoms with Crippen LogP contribution in [0.25, 0.3) is 5.57 Å². The van der Waals surface area contributed by atoms with Gasteiger partial charge in [0.05, 0.1) is 37.5 Å². The van der Waals surface area contributed by atoms with E-state index in [0.29, 0.717) is 43.3 Å². The van der Waals surface area contributed by atoms with Crippen molar-refractivity contribution in [3.05, 3.63) is 35.5 Å². The predicted molar refractivity (Wildman–Crippen MR) is 107 cm³/mol. The van der Waals surface area contributed by atoms with E-state index in [4.69, 9.17) is 14.2 Å². The Balaban J connectivity index is 1.71. The number of hydrogen-bond donors (Lipinski definition) is 0. The zero-order valence-electron chi connectivity index (χ0n) is 17.2. The van der Waals surface area contributed by atoms with E-state index in [0.717, 1.165) is 18.4 Å². The van der Waals surface area contributed by atoms with Gasteiger partial charge >= 0.3 is 0 Å². The van der Waals surface area contributed by atoms with E-state index in [1.165, 1.54) is 4.90 Å². The van der Waals surface area contributed by atoms with Crippen molar-refractivity contribution in [2.75, 3.05) is 33.4 Å². The third-order valence-corrected chi connectivity index (χ3v) is 5.67. The first kappa shape index (κ1) is 19.9. The van der Waals surface area contributed by atoms with Crippen LogP contribution < -0.4 is 4.74 Å². The molecular formula is C22H28N2O5. The Hall–Kier alpha value is -2.38. The highest BCUT2D eigenvalue weighted by molar-refractivity contribution is 6.35. The third-order valence-electron chi connectivity index (χ3n) is 5.67. The van der Waals surface area contributed by atoms with Gasteiger partial charge in [-0.05, 0) is 44.4 Å². The zero-order valence-corrected chi connectivity index (χ0v) is 17.2. The molecule has 3 aliphatic rings. The number of amides is 2. The van der Waals surface area contributed by atoms with Crippen molar-refractivity contribution >= 4 is 17.4 Å². The van der Waals surface area contributed by atoms with E-state index in [2.05, 4.69) is 0 Å². The molecule has 1 aromatic carbocycles. The summed E-state index contributed by atoms with van der Waals surface area (Å²) in [6, 6.07) is 7.29. The van der Waals surface area contributed by atoms with Crippen molar-refractivity contribution in [3.8, 4) is 5.75 Å². The van der Waals surface area contributed by atoms with Crippen LogP contribution in [0.4, 0.5) is 0 Å². The van der Waals surface area contributed by atoms with Gasteiger partial charge in [-0.15, -0.1) is 0 Å². The van der Waals surface area contributed by atoms with Crippen molar-refractivity contribution in [2.24, 2.45) is 0 Å². The molecule has 0 radical (unpaired) electrons. The highest BCUT2D eigenvalue weighted by Crippen LogP contribution is 2.34. The number of morpholine rings is 1. The number of carbonyl (C=O) groups excluding carboxylic acids is 2. The Morgan fingerprint density at radius 1 is 1.07 bits per heavy atom. The number of ether oxygens (including phenoxy) is 3. The zero-order chi connectivity index (χ0) is 20.5. The van der Waals surface area contributed by atoms with Crippen LogP contribution in [0.3, 0.4) is 0 Å². The fourth-order valence-corrected chi connectivity index (χ4v) is 4.39. The van der Waals surface area contributed by atoms with E-state index in [1.54, 1.807) is 7.11 Å². The first-order chi connectivity index (χ1) is 14.0. The van der Waals surface area contributed by atoms with Crippen molar-refractivity contribution in [2.45, 2.75) is 45.0 Å². The second-order valence-electron chi connectivity index (χ2n) is 7.97. The number of nitrogens with zero attached hydrogens (tertiary/aromatic N) is 2. The normalized spacial score (nSPS) is 27.9. The van der Waals surface area contributed by atoms with Crippen LogP contribution in [0.15, 0.2) is 30.0 Å². The number of benzene rings is 1. The summed E-state index contributed by atoms with van der Waals surface area (Å²) < 4.78 is 16.8. The Bertz CT molecular complexity index is 803. The fourth-order valence-electron chi connectivity index (χ4n) is 4.39. The van der Waals surface area contributed by atoms with Gasteiger partial charge in [0.1, 0.15) is 11.4 Å². The maximum atomic E-state index is 13.4. The number of methoxy groups -OCH3 is 1. The van der Waals surface area contributed by atoms with Gasteiger partial charge in [-0.2, -0.15) is 0 Å². The molecular weight excluding hydrogens is 372 g/mol. The molecule has 3 aliphatic heterocycles. The maximum absolute atomic E-state index is 13.4. The van der Waals surface area contributed by atoms with Crippen molar-refractivity contribution in [3.63, 3.8) is 0 Å². The molecule has 0 bridgehead atoms. The lowest BCUT2D eigenvalue weighted by Crippen LogP contribution is -2.47. The molecule has 3 atom stereocenters. The molecule has 3 unspecified atom stereocenters. The Labute approximate surface area is 171 Å². The molecule has 0 aliphatic carbocycles. The van der Waals surface area contributed by atoms with E-state index < -0.39 is 0 Å². The van der Waals surface area contributed by atoms with Crippen molar-refractivity contribution < 1.29 is 23.8 Å². The molecule has 156 valence electrons. The molecule has 7 heteroatoms. The predicted octanol–water partition coefficient (Wildman–Crippen LogP) is 2.06. The second kappa shape index (κ2) is 8.16. The van der Waals surface area contributed by atoms with Gasteiger partial charge in [-0.25, -0.2) is 0 Å². The molecule has 29 heavy (non-hydrogen) atoms. The fraction of sp³-hybridized carbons (Fsp3) is 0.545. The molecule has 2 amide bonds. The second-order valence-corrected chi connectivity index (χ2v) is 7.97. The highest BCUT2D eigenvalue weighted by Gasteiger charge is 2.44. The van der Waals surface area contributed by atoms with E-state index in [9.17, 15) is 9.59 Å². The summed E-state index contributed by atoms with van der Waals surface area (Å²) >= 11 is 0. The van der Waals surface area contributed by atoms with Crippen LogP contribution in [0.5, 0.6) is 5.75 Å². The minimum Gasteiger partial charge on any atom is -0.497 e.